The van der Waals surface area contributed by atoms with Gasteiger partial charge in [-0.25, -0.2) is 4.39 Å². The van der Waals surface area contributed by atoms with Crippen LogP contribution in [0.4, 0.5) is 4.39 Å². The average Bonchev–Trinajstić information content (AvgIpc) is 2.64. The summed E-state index contributed by atoms with van der Waals surface area (Å²) in [4.78, 5) is 6.37. The molecule has 1 aromatic rings. The molecule has 1 unspecified atom stereocenters. The first-order chi connectivity index (χ1) is 6.84. The molecule has 0 bridgehead atoms. The van der Waals surface area contributed by atoms with Crippen molar-refractivity contribution in [3.05, 3.63) is 35.1 Å². The van der Waals surface area contributed by atoms with E-state index < -0.39 is 0 Å². The Labute approximate surface area is 82.1 Å². The predicted octanol–water partition coefficient (Wildman–Crippen LogP) is 1.77. The van der Waals surface area contributed by atoms with Crippen molar-refractivity contribution < 1.29 is 4.39 Å². The highest BCUT2D eigenvalue weighted by Gasteiger charge is 2.31. The molecule has 0 aromatic heterocycles. The Hall–Kier alpha value is -1.38. The van der Waals surface area contributed by atoms with Gasteiger partial charge in [-0.3, -0.25) is 4.99 Å². The summed E-state index contributed by atoms with van der Waals surface area (Å²) in [6.07, 6.45) is 2.92. The van der Waals surface area contributed by atoms with E-state index in [-0.39, 0.29) is 5.82 Å². The number of halogens is 1. The summed E-state index contributed by atoms with van der Waals surface area (Å²) in [5.74, 6) is -0.135. The number of aliphatic imine (C=N–C) groups is 1. The molecule has 0 amide bonds. The number of hydrogen-bond donors (Lipinski definition) is 0. The third kappa shape index (κ3) is 1.05. The van der Waals surface area contributed by atoms with Crippen molar-refractivity contribution in [3.63, 3.8) is 0 Å². The van der Waals surface area contributed by atoms with Crippen LogP contribution in [-0.4, -0.2) is 24.3 Å². The number of nitrogens with zero attached hydrogens (tertiary/aromatic N) is 2. The second-order valence-corrected chi connectivity index (χ2v) is 3.82. The molecule has 2 nitrogen and oxygen atoms in total. The molecule has 0 spiro atoms. The van der Waals surface area contributed by atoms with Crippen molar-refractivity contribution in [2.75, 3.05) is 13.1 Å². The zero-order valence-electron chi connectivity index (χ0n) is 7.78. The van der Waals surface area contributed by atoms with Crippen LogP contribution in [0.3, 0.4) is 0 Å². The Kier molecular flexibility index (Phi) is 1.60. The fourth-order valence-electron chi connectivity index (χ4n) is 2.17. The lowest BCUT2D eigenvalue weighted by atomic mass is 9.82. The zero-order chi connectivity index (χ0) is 9.54. The summed E-state index contributed by atoms with van der Waals surface area (Å²) < 4.78 is 13.0. The zero-order valence-corrected chi connectivity index (χ0v) is 7.78. The Balaban J connectivity index is 1.90. The molecule has 1 aliphatic carbocycles. The van der Waals surface area contributed by atoms with Crippen LogP contribution in [0.25, 0.3) is 0 Å². The molecule has 0 N–H and O–H groups in total. The van der Waals surface area contributed by atoms with Gasteiger partial charge in [0.1, 0.15) is 5.82 Å². The number of benzene rings is 1. The maximum Gasteiger partial charge on any atom is 0.123 e. The van der Waals surface area contributed by atoms with Gasteiger partial charge in [0.25, 0.3) is 0 Å². The van der Waals surface area contributed by atoms with E-state index in [1.807, 2.05) is 12.4 Å². The van der Waals surface area contributed by atoms with Crippen LogP contribution < -0.4 is 0 Å². The van der Waals surface area contributed by atoms with E-state index in [9.17, 15) is 4.39 Å². The molecule has 2 aliphatic rings. The van der Waals surface area contributed by atoms with Crippen molar-refractivity contribution >= 4 is 6.34 Å². The summed E-state index contributed by atoms with van der Waals surface area (Å²) >= 11 is 0. The quantitative estimate of drug-likeness (QED) is 0.659. The third-order valence-corrected chi connectivity index (χ3v) is 3.00. The largest absolute Gasteiger partial charge is 0.354 e. The molecule has 0 saturated heterocycles. The Bertz CT molecular complexity index is 400. The fourth-order valence-corrected chi connectivity index (χ4v) is 2.17. The standard InChI is InChI=1S/C11H11FN2/c12-9-2-1-8-5-11(10(8)6-9)14-4-3-13-7-14/h1-2,6-7,11H,3-5H2. The molecule has 1 heterocycles. The first-order valence-electron chi connectivity index (χ1n) is 4.88. The summed E-state index contributed by atoms with van der Waals surface area (Å²) in [5.41, 5.74) is 2.41. The van der Waals surface area contributed by atoms with E-state index in [1.165, 1.54) is 11.6 Å². The summed E-state index contributed by atoms with van der Waals surface area (Å²) in [6, 6.07) is 5.43. The average molecular weight is 190 g/mol. The summed E-state index contributed by atoms with van der Waals surface area (Å²) in [5, 5.41) is 0. The van der Waals surface area contributed by atoms with Gasteiger partial charge >= 0.3 is 0 Å². The number of rotatable bonds is 1. The topological polar surface area (TPSA) is 15.6 Å². The van der Waals surface area contributed by atoms with Gasteiger partial charge < -0.3 is 4.90 Å². The van der Waals surface area contributed by atoms with E-state index in [1.54, 1.807) is 6.07 Å². The van der Waals surface area contributed by atoms with Crippen LogP contribution in [0.2, 0.25) is 0 Å². The van der Waals surface area contributed by atoms with E-state index in [2.05, 4.69) is 9.89 Å². The smallest absolute Gasteiger partial charge is 0.123 e. The molecule has 0 radical (unpaired) electrons. The van der Waals surface area contributed by atoms with Gasteiger partial charge in [-0.05, 0) is 29.7 Å². The first kappa shape index (κ1) is 7.97. The normalized spacial score (nSPS) is 23.5. The van der Waals surface area contributed by atoms with Gasteiger partial charge in [-0.2, -0.15) is 0 Å². The molecular formula is C11H11FN2. The molecule has 0 fully saturated rings. The Morgan fingerprint density at radius 1 is 1.43 bits per heavy atom. The van der Waals surface area contributed by atoms with Crippen LogP contribution >= 0.6 is 0 Å². The van der Waals surface area contributed by atoms with Crippen molar-refractivity contribution in [2.45, 2.75) is 12.5 Å². The highest BCUT2D eigenvalue weighted by molar-refractivity contribution is 5.60. The van der Waals surface area contributed by atoms with Gasteiger partial charge in [0, 0.05) is 6.54 Å². The maximum atomic E-state index is 13.0. The van der Waals surface area contributed by atoms with Crippen molar-refractivity contribution in [2.24, 2.45) is 4.99 Å². The SMILES string of the molecule is Fc1ccc2c(c1)C(N1C=NCC1)C2. The van der Waals surface area contributed by atoms with Crippen LogP contribution in [-0.2, 0) is 6.42 Å². The van der Waals surface area contributed by atoms with E-state index in [4.69, 9.17) is 0 Å². The molecule has 14 heavy (non-hydrogen) atoms. The van der Waals surface area contributed by atoms with Gasteiger partial charge in [-0.1, -0.05) is 6.07 Å². The molecule has 1 aliphatic heterocycles. The monoisotopic (exact) mass is 190 g/mol. The predicted molar refractivity (Wildman–Crippen MR) is 52.9 cm³/mol. The first-order valence-corrected chi connectivity index (χ1v) is 4.88. The molecule has 1 atom stereocenters. The molecule has 1 aromatic carbocycles. The van der Waals surface area contributed by atoms with Gasteiger partial charge in [0.2, 0.25) is 0 Å². The van der Waals surface area contributed by atoms with Crippen molar-refractivity contribution in [1.29, 1.82) is 0 Å². The van der Waals surface area contributed by atoms with Crippen LogP contribution in [0, 0.1) is 5.82 Å². The second-order valence-electron chi connectivity index (χ2n) is 3.82. The van der Waals surface area contributed by atoms with Crippen LogP contribution in [0.1, 0.15) is 17.2 Å². The minimum Gasteiger partial charge on any atom is -0.354 e. The number of fused-ring (bicyclic) bond motifs is 1. The Morgan fingerprint density at radius 2 is 2.36 bits per heavy atom. The second kappa shape index (κ2) is 2.80. The van der Waals surface area contributed by atoms with E-state index in [0.717, 1.165) is 25.1 Å². The third-order valence-electron chi connectivity index (χ3n) is 3.00. The molecule has 0 saturated carbocycles. The lowest BCUT2D eigenvalue weighted by Crippen LogP contribution is -2.34. The minimum absolute atomic E-state index is 0.135. The van der Waals surface area contributed by atoms with E-state index in [0.29, 0.717) is 6.04 Å². The molecule has 3 rings (SSSR count). The highest BCUT2D eigenvalue weighted by atomic mass is 19.1. The minimum atomic E-state index is -0.135. The van der Waals surface area contributed by atoms with Crippen LogP contribution in [0.5, 0.6) is 0 Å². The van der Waals surface area contributed by atoms with Gasteiger partial charge in [0.15, 0.2) is 0 Å². The summed E-state index contributed by atoms with van der Waals surface area (Å²) in [7, 11) is 0. The molecule has 3 heteroatoms. The lowest BCUT2D eigenvalue weighted by Gasteiger charge is -2.36. The molecule has 72 valence electrons. The van der Waals surface area contributed by atoms with Crippen molar-refractivity contribution in [3.8, 4) is 0 Å². The van der Waals surface area contributed by atoms with E-state index >= 15 is 0 Å². The molecular weight excluding hydrogens is 179 g/mol. The van der Waals surface area contributed by atoms with Gasteiger partial charge in [-0.15, -0.1) is 0 Å². The maximum absolute atomic E-state index is 13.0. The fraction of sp³-hybridized carbons (Fsp3) is 0.364. The van der Waals surface area contributed by atoms with Crippen molar-refractivity contribution in [1.82, 2.24) is 4.90 Å². The highest BCUT2D eigenvalue weighted by Crippen LogP contribution is 2.37. The van der Waals surface area contributed by atoms with Crippen LogP contribution in [0.15, 0.2) is 23.2 Å². The lowest BCUT2D eigenvalue weighted by molar-refractivity contribution is 0.315. The Morgan fingerprint density at radius 3 is 3.14 bits per heavy atom. The summed E-state index contributed by atoms with van der Waals surface area (Å²) in [6.45, 7) is 1.85. The van der Waals surface area contributed by atoms with Gasteiger partial charge in [0.05, 0.1) is 18.9 Å². The number of hydrogen-bond acceptors (Lipinski definition) is 2.